The van der Waals surface area contributed by atoms with Crippen LogP contribution in [0.25, 0.3) is 11.2 Å². The van der Waals surface area contributed by atoms with Gasteiger partial charge in [0, 0.05) is 32.3 Å². The fourth-order valence-corrected chi connectivity index (χ4v) is 5.90. The molecule has 9 nitrogen and oxygen atoms in total. The molecule has 0 bridgehead atoms. The van der Waals surface area contributed by atoms with Crippen molar-refractivity contribution in [2.45, 2.75) is 50.9 Å². The van der Waals surface area contributed by atoms with Gasteiger partial charge in [-0.05, 0) is 61.2 Å². The fraction of sp³-hybridized carbons (Fsp3) is 0.429. The monoisotopic (exact) mass is 605 g/mol. The highest BCUT2D eigenvalue weighted by molar-refractivity contribution is 6.28. The maximum absolute atomic E-state index is 13.8. The first kappa shape index (κ1) is 28.6. The molecule has 2 aliphatic heterocycles. The summed E-state index contributed by atoms with van der Waals surface area (Å²) in [5.74, 6) is -0.166. The molecule has 0 aliphatic carbocycles. The Balaban J connectivity index is 1.26. The highest BCUT2D eigenvalue weighted by Crippen LogP contribution is 2.34. The second-order valence-electron chi connectivity index (χ2n) is 10.5. The highest BCUT2D eigenvalue weighted by Gasteiger charge is 2.34. The van der Waals surface area contributed by atoms with Crippen molar-refractivity contribution in [3.63, 3.8) is 0 Å². The number of benzene rings is 1. The van der Waals surface area contributed by atoms with Gasteiger partial charge in [-0.3, -0.25) is 9.88 Å². The lowest BCUT2D eigenvalue weighted by molar-refractivity contribution is -0.274. The summed E-state index contributed by atoms with van der Waals surface area (Å²) in [6.07, 6.45) is 0.0800. The number of pyridine rings is 1. The van der Waals surface area contributed by atoms with Crippen molar-refractivity contribution in [2.24, 2.45) is 0 Å². The van der Waals surface area contributed by atoms with E-state index in [-0.39, 0.29) is 23.2 Å². The maximum Gasteiger partial charge on any atom is 0.573 e. The number of anilines is 1. The topological polar surface area (TPSA) is 81.4 Å². The van der Waals surface area contributed by atoms with E-state index >= 15 is 0 Å². The van der Waals surface area contributed by atoms with E-state index < -0.39 is 18.2 Å². The van der Waals surface area contributed by atoms with Gasteiger partial charge in [0.2, 0.25) is 5.28 Å². The Bertz CT molecular complexity index is 1530. The lowest BCUT2D eigenvalue weighted by Gasteiger charge is -2.43. The summed E-state index contributed by atoms with van der Waals surface area (Å²) in [6.45, 7) is 5.08. The Labute approximate surface area is 244 Å². The molecule has 3 aromatic heterocycles. The van der Waals surface area contributed by atoms with Crippen molar-refractivity contribution in [1.82, 2.24) is 29.4 Å². The molecule has 3 unspecified atom stereocenters. The van der Waals surface area contributed by atoms with Crippen molar-refractivity contribution >= 4 is 28.6 Å². The van der Waals surface area contributed by atoms with E-state index in [4.69, 9.17) is 16.3 Å². The van der Waals surface area contributed by atoms with E-state index in [1.54, 1.807) is 18.5 Å². The van der Waals surface area contributed by atoms with Gasteiger partial charge >= 0.3 is 6.36 Å². The van der Waals surface area contributed by atoms with Crippen LogP contribution in [-0.2, 0) is 11.3 Å². The minimum Gasteiger partial charge on any atom is -0.404 e. The Morgan fingerprint density at radius 1 is 1.10 bits per heavy atom. The van der Waals surface area contributed by atoms with E-state index in [0.29, 0.717) is 48.9 Å². The predicted octanol–water partition coefficient (Wildman–Crippen LogP) is 5.39. The second-order valence-corrected chi connectivity index (χ2v) is 10.8. The van der Waals surface area contributed by atoms with Gasteiger partial charge in [0.05, 0.1) is 36.9 Å². The smallest absolute Gasteiger partial charge is 0.404 e. The summed E-state index contributed by atoms with van der Waals surface area (Å²) in [5, 5.41) is 0.121. The molecule has 14 heteroatoms. The summed E-state index contributed by atoms with van der Waals surface area (Å²) in [5.41, 5.74) is 2.56. The molecule has 0 saturated carbocycles. The van der Waals surface area contributed by atoms with Gasteiger partial charge in [0.15, 0.2) is 17.0 Å². The summed E-state index contributed by atoms with van der Waals surface area (Å²) in [6, 6.07) is 8.27. The van der Waals surface area contributed by atoms with Gasteiger partial charge in [-0.1, -0.05) is 12.1 Å². The third-order valence-electron chi connectivity index (χ3n) is 7.60. The van der Waals surface area contributed by atoms with Crippen molar-refractivity contribution in [3.05, 3.63) is 71.3 Å². The van der Waals surface area contributed by atoms with Crippen LogP contribution < -0.4 is 9.64 Å². The molecule has 2 saturated heterocycles. The van der Waals surface area contributed by atoms with Gasteiger partial charge < -0.3 is 18.9 Å². The number of alkyl halides is 3. The van der Waals surface area contributed by atoms with E-state index in [0.717, 1.165) is 31.2 Å². The Hall–Kier alpha value is -3.55. The van der Waals surface area contributed by atoms with Gasteiger partial charge in [0.25, 0.3) is 0 Å². The zero-order chi connectivity index (χ0) is 29.4. The molecule has 2 fully saturated rings. The molecule has 0 spiro atoms. The number of aromatic nitrogens is 5. The van der Waals surface area contributed by atoms with Crippen molar-refractivity contribution in [2.75, 3.05) is 31.1 Å². The number of nitrogens with zero attached hydrogens (tertiary/aromatic N) is 7. The third-order valence-corrected chi connectivity index (χ3v) is 7.77. The molecule has 0 N–H and O–H groups in total. The summed E-state index contributed by atoms with van der Waals surface area (Å²) >= 11 is 6.39. The van der Waals surface area contributed by atoms with Crippen molar-refractivity contribution in [1.29, 1.82) is 0 Å². The molecule has 222 valence electrons. The van der Waals surface area contributed by atoms with Gasteiger partial charge in [-0.25, -0.2) is 9.37 Å². The number of fused-ring (bicyclic) bond motifs is 1. The number of imidazole rings is 1. The maximum atomic E-state index is 13.8. The lowest BCUT2D eigenvalue weighted by atomic mass is 9.99. The highest BCUT2D eigenvalue weighted by atomic mass is 35.5. The first-order valence-corrected chi connectivity index (χ1v) is 14.0. The summed E-state index contributed by atoms with van der Waals surface area (Å²) in [7, 11) is 0. The molecular formula is C28H28ClF4N7O2. The van der Waals surface area contributed by atoms with E-state index in [9.17, 15) is 17.6 Å². The molecular weight excluding hydrogens is 578 g/mol. The molecule has 4 aromatic rings. The number of hydrogen-bond acceptors (Lipinski definition) is 8. The molecule has 1 aromatic carbocycles. The third kappa shape index (κ3) is 6.13. The van der Waals surface area contributed by atoms with Crippen LogP contribution in [0.15, 0.2) is 48.9 Å². The van der Waals surface area contributed by atoms with E-state index in [2.05, 4.69) is 34.5 Å². The summed E-state index contributed by atoms with van der Waals surface area (Å²) in [4.78, 5) is 22.2. The van der Waals surface area contributed by atoms with Crippen LogP contribution in [0.3, 0.4) is 0 Å². The first-order chi connectivity index (χ1) is 20.1. The molecule has 2 aliphatic rings. The molecule has 0 amide bonds. The van der Waals surface area contributed by atoms with Crippen molar-refractivity contribution in [3.8, 4) is 5.75 Å². The molecule has 3 atom stereocenters. The molecule has 5 heterocycles. The number of rotatable bonds is 7. The quantitative estimate of drug-likeness (QED) is 0.205. The van der Waals surface area contributed by atoms with Gasteiger partial charge in [-0.2, -0.15) is 9.97 Å². The van der Waals surface area contributed by atoms with Crippen LogP contribution in [0, 0.1) is 5.82 Å². The molecule has 42 heavy (non-hydrogen) atoms. The van der Waals surface area contributed by atoms with E-state index in [1.807, 2.05) is 11.5 Å². The number of halogens is 5. The Morgan fingerprint density at radius 2 is 1.90 bits per heavy atom. The van der Waals surface area contributed by atoms with Gasteiger partial charge in [0.1, 0.15) is 11.6 Å². The Morgan fingerprint density at radius 3 is 2.57 bits per heavy atom. The van der Waals surface area contributed by atoms with Gasteiger partial charge in [-0.15, -0.1) is 13.2 Å². The largest absolute Gasteiger partial charge is 0.573 e. The second kappa shape index (κ2) is 11.6. The first-order valence-electron chi connectivity index (χ1n) is 13.6. The fourth-order valence-electron chi connectivity index (χ4n) is 5.74. The van der Waals surface area contributed by atoms with Crippen LogP contribution in [0.1, 0.15) is 37.1 Å². The van der Waals surface area contributed by atoms with Crippen LogP contribution in [-0.4, -0.2) is 74.2 Å². The van der Waals surface area contributed by atoms with Crippen LogP contribution in [0.5, 0.6) is 5.75 Å². The molecule has 6 rings (SSSR count). The normalized spacial score (nSPS) is 20.8. The average Bonchev–Trinajstić information content (AvgIpc) is 3.60. The minimum absolute atomic E-state index is 0.0629. The van der Waals surface area contributed by atoms with E-state index in [1.165, 1.54) is 24.3 Å². The number of ether oxygens (including phenoxy) is 2. The van der Waals surface area contributed by atoms with Crippen LogP contribution in [0.4, 0.5) is 23.4 Å². The SMILES string of the molecule is CC1CN(C(c2ccc(F)cc2)c2ccc(OC(F)(F)F)cn2)CCN1c1nc(Cl)nc2c1ncn2CC1CCCO1. The number of piperazine rings is 1. The predicted molar refractivity (Wildman–Crippen MR) is 147 cm³/mol. The lowest BCUT2D eigenvalue weighted by Crippen LogP contribution is -2.53. The standard InChI is InChI=1S/C28H28ClF4N7O2/c1-17-14-38(24(18-4-6-19(30)7-5-18)22-9-8-20(13-34-22)42-28(31,32)33)10-11-40(17)26-23-25(36-27(29)37-26)39(16-35-23)15-21-3-2-12-41-21/h4-9,13,16-17,21,24H,2-3,10-12,14-15H2,1H3. The van der Waals surface area contributed by atoms with Crippen LogP contribution in [0.2, 0.25) is 5.28 Å². The Kier molecular flexibility index (Phi) is 7.90. The molecule has 0 radical (unpaired) electrons. The van der Waals surface area contributed by atoms with Crippen molar-refractivity contribution < 1.29 is 27.0 Å². The minimum atomic E-state index is -4.82. The summed E-state index contributed by atoms with van der Waals surface area (Å²) < 4.78 is 63.6. The zero-order valence-electron chi connectivity index (χ0n) is 22.6. The van der Waals surface area contributed by atoms with Crippen LogP contribution >= 0.6 is 11.6 Å². The average molecular weight is 606 g/mol. The zero-order valence-corrected chi connectivity index (χ0v) is 23.4. The number of hydrogen-bond donors (Lipinski definition) is 0.